The Balaban J connectivity index is 1.50. The van der Waals surface area contributed by atoms with Crippen molar-refractivity contribution < 1.29 is 4.79 Å². The monoisotopic (exact) mass is 455 g/mol. The van der Waals surface area contributed by atoms with E-state index in [0.29, 0.717) is 16.5 Å². The van der Waals surface area contributed by atoms with Crippen molar-refractivity contribution in [3.63, 3.8) is 0 Å². The van der Waals surface area contributed by atoms with Crippen LogP contribution in [-0.2, 0) is 0 Å². The van der Waals surface area contributed by atoms with E-state index < -0.39 is 0 Å². The van der Waals surface area contributed by atoms with E-state index in [9.17, 15) is 4.79 Å². The van der Waals surface area contributed by atoms with E-state index in [1.807, 2.05) is 0 Å². The van der Waals surface area contributed by atoms with Gasteiger partial charge < -0.3 is 5.32 Å². The van der Waals surface area contributed by atoms with E-state index in [-0.39, 0.29) is 17.9 Å². The summed E-state index contributed by atoms with van der Waals surface area (Å²) in [5, 5.41) is 11.3. The summed E-state index contributed by atoms with van der Waals surface area (Å²) in [6.07, 6.45) is 2.13. The highest BCUT2D eigenvalue weighted by molar-refractivity contribution is 6.30. The van der Waals surface area contributed by atoms with Crippen LogP contribution in [0.2, 0.25) is 5.02 Å². The molecule has 4 aromatic rings. The van der Waals surface area contributed by atoms with Crippen molar-refractivity contribution in [2.75, 3.05) is 10.6 Å². The number of halogens is 1. The zero-order valence-electron chi connectivity index (χ0n) is 18.2. The highest BCUT2D eigenvalue weighted by Gasteiger charge is 2.26. The van der Waals surface area contributed by atoms with Crippen LogP contribution in [0.5, 0.6) is 0 Å². The van der Waals surface area contributed by atoms with Crippen molar-refractivity contribution in [3.05, 3.63) is 112 Å². The topological polar surface area (TPSA) is 71.8 Å². The van der Waals surface area contributed by atoms with Crippen LogP contribution in [-0.4, -0.2) is 20.7 Å². The molecule has 6 nitrogen and oxygen atoms in total. The van der Waals surface area contributed by atoms with E-state index in [1.54, 1.807) is 28.9 Å². The van der Waals surface area contributed by atoms with Gasteiger partial charge in [0.15, 0.2) is 0 Å². The Kier molecular flexibility index (Phi) is 5.44. The van der Waals surface area contributed by atoms with E-state index in [4.69, 9.17) is 11.6 Å². The van der Waals surface area contributed by atoms with Gasteiger partial charge in [-0.05, 0) is 55.3 Å². The van der Waals surface area contributed by atoms with Gasteiger partial charge in [0.25, 0.3) is 11.9 Å². The molecule has 2 N–H and O–H groups in total. The lowest BCUT2D eigenvalue weighted by Gasteiger charge is -2.24. The number of hydrogen-bond donors (Lipinski definition) is 2. The Hall–Kier alpha value is -3.90. The number of carbonyl (C=O) groups is 1. The molecule has 164 valence electrons. The minimum absolute atomic E-state index is 0.174. The van der Waals surface area contributed by atoms with Crippen LogP contribution in [0.3, 0.4) is 0 Å². The lowest BCUT2D eigenvalue weighted by Crippen LogP contribution is -2.20. The van der Waals surface area contributed by atoms with E-state index in [2.05, 4.69) is 89.2 Å². The highest BCUT2D eigenvalue weighted by Crippen LogP contribution is 2.33. The van der Waals surface area contributed by atoms with Crippen LogP contribution in [0.1, 0.15) is 38.7 Å². The van der Waals surface area contributed by atoms with Crippen LogP contribution in [0.4, 0.5) is 11.9 Å². The Morgan fingerprint density at radius 2 is 1.58 bits per heavy atom. The first-order valence-electron chi connectivity index (χ1n) is 10.6. The third-order valence-electron chi connectivity index (χ3n) is 5.58. The SMILES string of the molecule is Cc1ccc(C2=C[C@@H](c3ccc(C)cc3)n3nc(NC(=O)c4ccc(Cl)cc4)nc3N2)cc1. The fourth-order valence-corrected chi connectivity index (χ4v) is 3.85. The van der Waals surface area contributed by atoms with Crippen LogP contribution >= 0.6 is 11.6 Å². The number of nitrogens with zero attached hydrogens (tertiary/aromatic N) is 3. The van der Waals surface area contributed by atoms with Crippen molar-refractivity contribution >= 4 is 35.1 Å². The Morgan fingerprint density at radius 3 is 2.24 bits per heavy atom. The number of anilines is 2. The molecule has 1 aliphatic heterocycles. The number of aryl methyl sites for hydroxylation is 2. The van der Waals surface area contributed by atoms with Gasteiger partial charge in [-0.25, -0.2) is 4.68 Å². The van der Waals surface area contributed by atoms with Crippen LogP contribution in [0.15, 0.2) is 78.9 Å². The number of rotatable bonds is 4. The summed E-state index contributed by atoms with van der Waals surface area (Å²) in [5.41, 5.74) is 5.93. The molecule has 0 aliphatic carbocycles. The zero-order valence-corrected chi connectivity index (χ0v) is 19.0. The molecule has 0 saturated heterocycles. The molecule has 2 heterocycles. The molecule has 1 aromatic heterocycles. The molecule has 0 saturated carbocycles. The molecule has 3 aromatic carbocycles. The van der Waals surface area contributed by atoms with Gasteiger partial charge in [0.1, 0.15) is 6.04 Å². The maximum Gasteiger partial charge on any atom is 0.258 e. The summed E-state index contributed by atoms with van der Waals surface area (Å²) in [6.45, 7) is 4.12. The molecule has 0 spiro atoms. The molecule has 1 amide bonds. The fourth-order valence-electron chi connectivity index (χ4n) is 3.72. The van der Waals surface area contributed by atoms with E-state index in [1.165, 1.54) is 11.1 Å². The van der Waals surface area contributed by atoms with Crippen molar-refractivity contribution in [1.29, 1.82) is 0 Å². The third-order valence-corrected chi connectivity index (χ3v) is 5.83. The van der Waals surface area contributed by atoms with Gasteiger partial charge in [0.05, 0.1) is 0 Å². The summed E-state index contributed by atoms with van der Waals surface area (Å²) in [5.74, 6) is 0.492. The van der Waals surface area contributed by atoms with Gasteiger partial charge in [-0.15, -0.1) is 5.10 Å². The normalized spacial score (nSPS) is 14.8. The summed E-state index contributed by atoms with van der Waals surface area (Å²) < 4.78 is 1.79. The zero-order chi connectivity index (χ0) is 22.9. The standard InChI is InChI=1S/C26H22ClN5O/c1-16-3-7-18(8-4-16)22-15-23(19-9-5-17(2)6-10-19)32-26(28-22)30-25(31-32)29-24(33)20-11-13-21(27)14-12-20/h3-15,23H,1-2H3,(H2,28,29,30,31,33)/t23-/m0/s1. The number of amides is 1. The van der Waals surface area contributed by atoms with Gasteiger partial charge >= 0.3 is 0 Å². The number of fused-ring (bicyclic) bond motifs is 1. The number of allylic oxidation sites excluding steroid dienone is 1. The lowest BCUT2D eigenvalue weighted by atomic mass is 10.0. The summed E-state index contributed by atoms with van der Waals surface area (Å²) >= 11 is 5.93. The van der Waals surface area contributed by atoms with Gasteiger partial charge in [0, 0.05) is 16.3 Å². The number of hydrogen-bond acceptors (Lipinski definition) is 4. The fraction of sp³-hybridized carbons (Fsp3) is 0.115. The molecule has 7 heteroatoms. The minimum Gasteiger partial charge on any atom is -0.324 e. The first-order chi connectivity index (χ1) is 16.0. The molecule has 0 bridgehead atoms. The van der Waals surface area contributed by atoms with Gasteiger partial charge in [-0.3, -0.25) is 10.1 Å². The second-order valence-electron chi connectivity index (χ2n) is 8.09. The lowest BCUT2D eigenvalue weighted by molar-refractivity contribution is 0.102. The second kappa shape index (κ2) is 8.56. The quantitative estimate of drug-likeness (QED) is 0.404. The highest BCUT2D eigenvalue weighted by atomic mass is 35.5. The number of nitrogens with one attached hydrogen (secondary N) is 2. The van der Waals surface area contributed by atoms with Gasteiger partial charge in [-0.2, -0.15) is 4.98 Å². The Morgan fingerprint density at radius 1 is 0.939 bits per heavy atom. The average molecular weight is 456 g/mol. The first-order valence-corrected chi connectivity index (χ1v) is 11.0. The third kappa shape index (κ3) is 4.38. The van der Waals surface area contributed by atoms with E-state index in [0.717, 1.165) is 16.8 Å². The largest absolute Gasteiger partial charge is 0.324 e. The number of carbonyl (C=O) groups excluding carboxylic acids is 1. The molecule has 1 atom stereocenters. The molecule has 0 radical (unpaired) electrons. The molecule has 0 fully saturated rings. The number of aromatic nitrogens is 3. The van der Waals surface area contributed by atoms with Crippen LogP contribution in [0.25, 0.3) is 5.70 Å². The Labute approximate surface area is 196 Å². The molecule has 0 unspecified atom stereocenters. The van der Waals surface area contributed by atoms with Gasteiger partial charge in [0.2, 0.25) is 5.95 Å². The van der Waals surface area contributed by atoms with Crippen molar-refractivity contribution in [2.45, 2.75) is 19.9 Å². The molecule has 1 aliphatic rings. The summed E-state index contributed by atoms with van der Waals surface area (Å²) in [4.78, 5) is 17.2. The maximum absolute atomic E-state index is 12.7. The van der Waals surface area contributed by atoms with Crippen molar-refractivity contribution in [1.82, 2.24) is 14.8 Å². The molecule has 5 rings (SSSR count). The minimum atomic E-state index is -0.298. The van der Waals surface area contributed by atoms with Crippen LogP contribution in [0, 0.1) is 13.8 Å². The first kappa shape index (κ1) is 21.0. The maximum atomic E-state index is 12.7. The summed E-state index contributed by atoms with van der Waals surface area (Å²) in [6, 6.07) is 23.2. The predicted octanol–water partition coefficient (Wildman–Crippen LogP) is 5.86. The van der Waals surface area contributed by atoms with E-state index >= 15 is 0 Å². The van der Waals surface area contributed by atoms with Crippen LogP contribution < -0.4 is 10.6 Å². The Bertz CT molecular complexity index is 1340. The molecule has 33 heavy (non-hydrogen) atoms. The molecular formula is C26H22ClN5O. The van der Waals surface area contributed by atoms with Crippen molar-refractivity contribution in [2.24, 2.45) is 0 Å². The molecular weight excluding hydrogens is 434 g/mol. The van der Waals surface area contributed by atoms with Gasteiger partial charge in [-0.1, -0.05) is 71.3 Å². The summed E-state index contributed by atoms with van der Waals surface area (Å²) in [7, 11) is 0. The smallest absolute Gasteiger partial charge is 0.258 e. The van der Waals surface area contributed by atoms with Crippen molar-refractivity contribution in [3.8, 4) is 0 Å². The predicted molar refractivity (Wildman–Crippen MR) is 132 cm³/mol. The average Bonchev–Trinajstić information content (AvgIpc) is 3.22. The number of benzene rings is 3. The second-order valence-corrected chi connectivity index (χ2v) is 8.53.